The van der Waals surface area contributed by atoms with E-state index in [1.54, 1.807) is 11.1 Å². The second-order valence-electron chi connectivity index (χ2n) is 7.14. The van der Waals surface area contributed by atoms with E-state index in [9.17, 15) is 4.79 Å². The van der Waals surface area contributed by atoms with Gasteiger partial charge in [0.25, 0.3) is 0 Å². The van der Waals surface area contributed by atoms with Crippen molar-refractivity contribution in [3.8, 4) is 0 Å². The largest absolute Gasteiger partial charge is 0.444 e. The molecule has 0 radical (unpaired) electrons. The lowest BCUT2D eigenvalue weighted by Crippen LogP contribution is -2.65. The Morgan fingerprint density at radius 1 is 1.48 bits per heavy atom. The molecule has 1 saturated heterocycles. The van der Waals surface area contributed by atoms with Crippen molar-refractivity contribution in [1.29, 1.82) is 0 Å². The van der Waals surface area contributed by atoms with Gasteiger partial charge in [0.1, 0.15) is 11.3 Å². The highest BCUT2D eigenvalue weighted by Crippen LogP contribution is 2.50. The lowest BCUT2D eigenvalue weighted by Gasteiger charge is -2.58. The molecule has 116 valence electrons. The highest BCUT2D eigenvalue weighted by atomic mass is 16.6. The molecular weight excluding hydrogens is 272 g/mol. The van der Waals surface area contributed by atoms with Crippen LogP contribution in [0.4, 0.5) is 4.79 Å². The lowest BCUT2D eigenvalue weighted by atomic mass is 9.62. The van der Waals surface area contributed by atoms with Crippen LogP contribution in [0, 0.1) is 5.41 Å². The Morgan fingerprint density at radius 3 is 2.76 bits per heavy atom. The first-order chi connectivity index (χ1) is 9.85. The summed E-state index contributed by atoms with van der Waals surface area (Å²) in [5.41, 5.74) is 0.647. The van der Waals surface area contributed by atoms with Crippen molar-refractivity contribution in [2.24, 2.45) is 5.41 Å². The van der Waals surface area contributed by atoms with Gasteiger partial charge in [0.2, 0.25) is 0 Å². The van der Waals surface area contributed by atoms with Crippen LogP contribution < -0.4 is 0 Å². The fourth-order valence-corrected chi connectivity index (χ4v) is 3.00. The van der Waals surface area contributed by atoms with Crippen molar-refractivity contribution in [3.63, 3.8) is 0 Å². The first kappa shape index (κ1) is 14.3. The number of likely N-dealkylation sites (tertiary alicyclic amines) is 1. The third-order valence-corrected chi connectivity index (χ3v) is 3.96. The van der Waals surface area contributed by atoms with Crippen molar-refractivity contribution >= 4 is 6.09 Å². The zero-order valence-corrected chi connectivity index (χ0v) is 12.8. The number of carbonyl (C=O) groups is 1. The molecule has 1 aliphatic heterocycles. The van der Waals surface area contributed by atoms with Gasteiger partial charge < -0.3 is 14.4 Å². The second kappa shape index (κ2) is 4.98. The Bertz CT molecular complexity index is 495. The van der Waals surface area contributed by atoms with Gasteiger partial charge >= 0.3 is 6.09 Å². The molecule has 7 heteroatoms. The molecule has 1 aromatic rings. The molecule has 7 nitrogen and oxygen atoms in total. The number of hydrogen-bond donors (Lipinski definition) is 1. The minimum Gasteiger partial charge on any atom is -0.444 e. The van der Waals surface area contributed by atoms with Crippen LogP contribution in [0.3, 0.4) is 0 Å². The van der Waals surface area contributed by atoms with E-state index in [2.05, 4.69) is 15.4 Å². The van der Waals surface area contributed by atoms with Crippen molar-refractivity contribution in [1.82, 2.24) is 20.3 Å². The normalized spacial score (nSPS) is 21.0. The fourth-order valence-electron chi connectivity index (χ4n) is 3.00. The van der Waals surface area contributed by atoms with Crippen LogP contribution in [0.1, 0.15) is 39.3 Å². The molecule has 0 unspecified atom stereocenters. The predicted molar refractivity (Wildman–Crippen MR) is 74.4 cm³/mol. The molecule has 2 aliphatic rings. The third-order valence-electron chi connectivity index (χ3n) is 3.96. The van der Waals surface area contributed by atoms with Crippen molar-refractivity contribution in [3.05, 3.63) is 11.9 Å². The summed E-state index contributed by atoms with van der Waals surface area (Å²) in [6, 6.07) is 0. The van der Waals surface area contributed by atoms with E-state index in [4.69, 9.17) is 9.47 Å². The van der Waals surface area contributed by atoms with Crippen LogP contribution in [0.15, 0.2) is 6.20 Å². The van der Waals surface area contributed by atoms with Crippen molar-refractivity contribution < 1.29 is 14.3 Å². The number of aromatic nitrogens is 3. The SMILES string of the molecule is CC(C)(C)OC(=O)N1CC2(CC(OCc3c[nH]nn3)C2)C1. The minimum absolute atomic E-state index is 0.208. The number of amides is 1. The molecule has 21 heavy (non-hydrogen) atoms. The number of aromatic amines is 1. The predicted octanol–water partition coefficient (Wildman–Crippen LogP) is 1.72. The average Bonchev–Trinajstić information content (AvgIpc) is 2.74. The molecule has 2 fully saturated rings. The van der Waals surface area contributed by atoms with Gasteiger partial charge in [-0.15, -0.1) is 5.10 Å². The van der Waals surface area contributed by atoms with Gasteiger partial charge in [-0.25, -0.2) is 4.79 Å². The number of ether oxygens (including phenoxy) is 2. The first-order valence-corrected chi connectivity index (χ1v) is 7.30. The number of H-pyrrole nitrogens is 1. The summed E-state index contributed by atoms with van der Waals surface area (Å²) in [7, 11) is 0. The number of hydrogen-bond acceptors (Lipinski definition) is 5. The van der Waals surface area contributed by atoms with Crippen molar-refractivity contribution in [2.75, 3.05) is 13.1 Å². The van der Waals surface area contributed by atoms with Gasteiger partial charge in [-0.1, -0.05) is 5.21 Å². The molecule has 1 aromatic heterocycles. The Morgan fingerprint density at radius 2 is 2.19 bits per heavy atom. The number of carbonyl (C=O) groups excluding carboxylic acids is 1. The van der Waals surface area contributed by atoms with E-state index >= 15 is 0 Å². The smallest absolute Gasteiger partial charge is 0.410 e. The van der Waals surface area contributed by atoms with E-state index in [1.807, 2.05) is 20.8 Å². The van der Waals surface area contributed by atoms with E-state index in [0.29, 0.717) is 6.61 Å². The molecule has 1 N–H and O–H groups in total. The van der Waals surface area contributed by atoms with E-state index < -0.39 is 5.60 Å². The summed E-state index contributed by atoms with van der Waals surface area (Å²) in [5, 5.41) is 10.2. The Labute approximate surface area is 124 Å². The molecule has 0 aromatic carbocycles. The molecule has 0 atom stereocenters. The highest BCUT2D eigenvalue weighted by molar-refractivity contribution is 5.69. The van der Waals surface area contributed by atoms with Crippen LogP contribution in [0.5, 0.6) is 0 Å². The van der Waals surface area contributed by atoms with Crippen LogP contribution in [0.25, 0.3) is 0 Å². The molecule has 0 bridgehead atoms. The molecule has 1 spiro atoms. The number of nitrogens with zero attached hydrogens (tertiary/aromatic N) is 3. The average molecular weight is 294 g/mol. The van der Waals surface area contributed by atoms with Gasteiger partial charge in [-0.2, -0.15) is 0 Å². The van der Waals surface area contributed by atoms with E-state index in [1.165, 1.54) is 0 Å². The summed E-state index contributed by atoms with van der Waals surface area (Å²) in [6.07, 6.45) is 3.80. The summed E-state index contributed by atoms with van der Waals surface area (Å²) in [4.78, 5) is 13.7. The molecule has 2 heterocycles. The summed E-state index contributed by atoms with van der Waals surface area (Å²) < 4.78 is 11.1. The molecule has 1 amide bonds. The van der Waals surface area contributed by atoms with Gasteiger partial charge in [0.15, 0.2) is 0 Å². The van der Waals surface area contributed by atoms with Crippen LogP contribution >= 0.6 is 0 Å². The van der Waals surface area contributed by atoms with Gasteiger partial charge in [-0.05, 0) is 33.6 Å². The van der Waals surface area contributed by atoms with Crippen molar-refractivity contribution in [2.45, 2.75) is 51.9 Å². The number of rotatable bonds is 3. The van der Waals surface area contributed by atoms with Crippen LogP contribution in [0.2, 0.25) is 0 Å². The topological polar surface area (TPSA) is 80.3 Å². The minimum atomic E-state index is -0.428. The zero-order valence-electron chi connectivity index (χ0n) is 12.8. The zero-order chi connectivity index (χ0) is 15.1. The maximum Gasteiger partial charge on any atom is 0.410 e. The Kier molecular flexibility index (Phi) is 3.39. The fraction of sp³-hybridized carbons (Fsp3) is 0.786. The maximum atomic E-state index is 11.9. The van der Waals surface area contributed by atoms with Crippen LogP contribution in [-0.2, 0) is 16.1 Å². The lowest BCUT2D eigenvalue weighted by molar-refractivity contribution is -0.151. The standard InChI is InChI=1S/C14H22N4O3/c1-13(2,3)21-12(19)18-8-14(9-18)4-11(5-14)20-7-10-6-15-17-16-10/h6,11H,4-5,7-9H2,1-3H3,(H,15,16,17). The molecule has 3 rings (SSSR count). The first-order valence-electron chi connectivity index (χ1n) is 7.30. The van der Waals surface area contributed by atoms with Gasteiger partial charge in [0, 0.05) is 24.7 Å². The number of nitrogens with one attached hydrogen (secondary N) is 1. The molecule has 1 aliphatic carbocycles. The van der Waals surface area contributed by atoms with Gasteiger partial charge in [-0.3, -0.25) is 5.10 Å². The summed E-state index contributed by atoms with van der Waals surface area (Å²) >= 11 is 0. The monoisotopic (exact) mass is 294 g/mol. The van der Waals surface area contributed by atoms with E-state index in [0.717, 1.165) is 31.6 Å². The van der Waals surface area contributed by atoms with Gasteiger partial charge in [0.05, 0.1) is 12.7 Å². The maximum absolute atomic E-state index is 11.9. The Hall–Kier alpha value is -1.63. The third kappa shape index (κ3) is 3.18. The van der Waals surface area contributed by atoms with E-state index in [-0.39, 0.29) is 17.6 Å². The Balaban J connectivity index is 1.37. The summed E-state index contributed by atoms with van der Waals surface area (Å²) in [6.45, 7) is 7.72. The van der Waals surface area contributed by atoms with Crippen LogP contribution in [-0.4, -0.2) is 51.2 Å². The molecular formula is C14H22N4O3. The summed E-state index contributed by atoms with van der Waals surface area (Å²) in [5.74, 6) is 0. The highest BCUT2D eigenvalue weighted by Gasteiger charge is 2.54. The second-order valence-corrected chi connectivity index (χ2v) is 7.14. The quantitative estimate of drug-likeness (QED) is 0.918. The molecule has 1 saturated carbocycles.